The first-order chi connectivity index (χ1) is 23.6. The van der Waals surface area contributed by atoms with Gasteiger partial charge in [0.2, 0.25) is 0 Å². The normalized spacial score (nSPS) is 13.9. The van der Waals surface area contributed by atoms with Crippen LogP contribution in [0.4, 0.5) is 21.5 Å². The molecule has 3 N–H and O–H groups in total. The SMILES string of the molecule is CCCN1CCN(Cc2cc(NC(=O)c3cc(C#Cc4cnc5c(Nc6cn[nH]c6)cccn45)c(C)cc3F)cc(C(C)(C)C#N)c2)CC1. The molecule has 0 saturated carbocycles. The van der Waals surface area contributed by atoms with Gasteiger partial charge in [0, 0.05) is 56.4 Å². The standard InChI is InChI=1S/C38H40FN9O/c1-5-10-46-12-14-47(15-13-46)24-27-17-29(38(3,4)25-40)20-30(18-27)45-37(49)33-19-28(26(2)16-34(33)39)8-9-32-23-41-36-35(7-6-11-48(32)36)44-31-21-42-43-22-31/h6-7,11,16-23,44H,5,10,12-15,24H2,1-4H3,(H,42,43)(H,45,49). The van der Waals surface area contributed by atoms with Crippen LogP contribution in [-0.4, -0.2) is 68.0 Å². The van der Waals surface area contributed by atoms with Crippen molar-refractivity contribution < 1.29 is 9.18 Å². The van der Waals surface area contributed by atoms with E-state index in [4.69, 9.17) is 0 Å². The van der Waals surface area contributed by atoms with Gasteiger partial charge >= 0.3 is 0 Å². The molecule has 0 spiro atoms. The Labute approximate surface area is 286 Å². The molecular formula is C38H40FN9O. The molecule has 1 amide bonds. The van der Waals surface area contributed by atoms with Crippen molar-refractivity contribution in [2.45, 2.75) is 46.1 Å². The topological polar surface area (TPSA) is 117 Å². The van der Waals surface area contributed by atoms with Crippen molar-refractivity contribution in [2.75, 3.05) is 43.4 Å². The predicted molar refractivity (Wildman–Crippen MR) is 189 cm³/mol. The van der Waals surface area contributed by atoms with E-state index in [1.54, 1.807) is 31.6 Å². The average Bonchev–Trinajstić information content (AvgIpc) is 3.76. The first kappa shape index (κ1) is 33.4. The van der Waals surface area contributed by atoms with Crippen LogP contribution in [0.25, 0.3) is 5.65 Å². The number of pyridine rings is 1. The number of rotatable bonds is 9. The summed E-state index contributed by atoms with van der Waals surface area (Å²) in [5, 5.41) is 22.8. The van der Waals surface area contributed by atoms with Crippen molar-refractivity contribution in [3.63, 3.8) is 0 Å². The van der Waals surface area contributed by atoms with Crippen LogP contribution in [0.5, 0.6) is 0 Å². The first-order valence-electron chi connectivity index (χ1n) is 16.5. The maximum absolute atomic E-state index is 15.3. The molecule has 49 heavy (non-hydrogen) atoms. The Morgan fingerprint density at radius 1 is 1.06 bits per heavy atom. The van der Waals surface area contributed by atoms with Crippen molar-refractivity contribution in [3.05, 3.63) is 107 Å². The number of hydrogen-bond acceptors (Lipinski definition) is 7. The van der Waals surface area contributed by atoms with Crippen LogP contribution in [0.15, 0.2) is 67.3 Å². The Morgan fingerprint density at radius 3 is 2.59 bits per heavy atom. The molecule has 4 heterocycles. The Hall–Kier alpha value is -5.49. The third-order valence-corrected chi connectivity index (χ3v) is 8.86. The number of piperazine rings is 1. The third-order valence-electron chi connectivity index (χ3n) is 8.86. The summed E-state index contributed by atoms with van der Waals surface area (Å²) >= 11 is 0. The second-order valence-corrected chi connectivity index (χ2v) is 13.0. The number of aryl methyl sites for hydroxylation is 1. The Bertz CT molecular complexity index is 2070. The maximum atomic E-state index is 15.3. The fourth-order valence-electron chi connectivity index (χ4n) is 6.01. The second kappa shape index (κ2) is 14.3. The minimum atomic E-state index is -0.777. The van der Waals surface area contributed by atoms with E-state index in [1.165, 1.54) is 12.1 Å². The monoisotopic (exact) mass is 657 g/mol. The summed E-state index contributed by atoms with van der Waals surface area (Å²) in [4.78, 5) is 23.0. The molecule has 2 aromatic carbocycles. The van der Waals surface area contributed by atoms with E-state index in [9.17, 15) is 10.1 Å². The fourth-order valence-corrected chi connectivity index (χ4v) is 6.01. The third kappa shape index (κ3) is 7.65. The minimum Gasteiger partial charge on any atom is -0.350 e. The van der Waals surface area contributed by atoms with Gasteiger partial charge < -0.3 is 15.5 Å². The molecule has 10 nitrogen and oxygen atoms in total. The minimum absolute atomic E-state index is 0.113. The highest BCUT2D eigenvalue weighted by atomic mass is 19.1. The van der Waals surface area contributed by atoms with Crippen molar-refractivity contribution in [1.82, 2.24) is 29.4 Å². The number of halogens is 1. The number of amides is 1. The molecule has 250 valence electrons. The number of nitrogens with zero attached hydrogens (tertiary/aromatic N) is 6. The van der Waals surface area contributed by atoms with Crippen LogP contribution < -0.4 is 10.6 Å². The summed E-state index contributed by atoms with van der Waals surface area (Å²) < 4.78 is 17.2. The lowest BCUT2D eigenvalue weighted by Crippen LogP contribution is -2.46. The zero-order chi connectivity index (χ0) is 34.5. The van der Waals surface area contributed by atoms with E-state index in [-0.39, 0.29) is 5.56 Å². The number of nitrogens with one attached hydrogen (secondary N) is 3. The Kier molecular flexibility index (Phi) is 9.77. The van der Waals surface area contributed by atoms with Crippen LogP contribution in [0.2, 0.25) is 0 Å². The predicted octanol–water partition coefficient (Wildman–Crippen LogP) is 6.23. The summed E-state index contributed by atoms with van der Waals surface area (Å²) in [6, 6.07) is 14.7. The van der Waals surface area contributed by atoms with Gasteiger partial charge in [-0.3, -0.25) is 19.2 Å². The lowest BCUT2D eigenvalue weighted by Gasteiger charge is -2.34. The molecule has 0 atom stereocenters. The zero-order valence-corrected chi connectivity index (χ0v) is 28.3. The molecule has 5 aromatic rings. The molecule has 1 saturated heterocycles. The van der Waals surface area contributed by atoms with E-state index >= 15 is 4.39 Å². The number of aromatic nitrogens is 4. The molecule has 3 aromatic heterocycles. The highest BCUT2D eigenvalue weighted by molar-refractivity contribution is 6.05. The Morgan fingerprint density at radius 2 is 1.86 bits per heavy atom. The van der Waals surface area contributed by atoms with Crippen molar-refractivity contribution in [1.29, 1.82) is 5.26 Å². The molecule has 0 aliphatic carbocycles. The summed E-state index contributed by atoms with van der Waals surface area (Å²) in [7, 11) is 0. The van der Waals surface area contributed by atoms with E-state index < -0.39 is 17.1 Å². The van der Waals surface area contributed by atoms with Gasteiger partial charge in [-0.2, -0.15) is 10.4 Å². The molecule has 1 aliphatic rings. The van der Waals surface area contributed by atoms with Crippen LogP contribution in [0.1, 0.15) is 65.5 Å². The highest BCUT2D eigenvalue weighted by Gasteiger charge is 2.24. The summed E-state index contributed by atoms with van der Waals surface area (Å²) in [5.74, 6) is 5.05. The van der Waals surface area contributed by atoms with Crippen LogP contribution in [0, 0.1) is 35.9 Å². The molecule has 0 bridgehead atoms. The van der Waals surface area contributed by atoms with Crippen molar-refractivity contribution >= 4 is 28.6 Å². The molecule has 6 rings (SSSR count). The van der Waals surface area contributed by atoms with E-state index in [1.807, 2.05) is 48.7 Å². The van der Waals surface area contributed by atoms with E-state index in [2.05, 4.69) is 60.4 Å². The number of imidazole rings is 1. The molecule has 11 heteroatoms. The largest absolute Gasteiger partial charge is 0.350 e. The van der Waals surface area contributed by atoms with Gasteiger partial charge in [0.1, 0.15) is 11.5 Å². The fraction of sp³-hybridized carbons (Fsp3) is 0.316. The van der Waals surface area contributed by atoms with Crippen molar-refractivity contribution in [3.8, 4) is 17.9 Å². The average molecular weight is 658 g/mol. The number of benzene rings is 2. The van der Waals surface area contributed by atoms with Crippen molar-refractivity contribution in [2.24, 2.45) is 0 Å². The number of fused-ring (bicyclic) bond motifs is 1. The molecule has 0 radical (unpaired) electrons. The van der Waals surface area contributed by atoms with Gasteiger partial charge in [-0.25, -0.2) is 9.37 Å². The number of anilines is 3. The van der Waals surface area contributed by atoms with Crippen LogP contribution in [0.3, 0.4) is 0 Å². The van der Waals surface area contributed by atoms with Gasteiger partial charge in [0.05, 0.1) is 40.8 Å². The van der Waals surface area contributed by atoms with Crippen LogP contribution >= 0.6 is 0 Å². The first-order valence-corrected chi connectivity index (χ1v) is 16.5. The number of hydrogen-bond donors (Lipinski definition) is 3. The summed E-state index contributed by atoms with van der Waals surface area (Å²) in [6.45, 7) is 13.4. The highest BCUT2D eigenvalue weighted by Crippen LogP contribution is 2.28. The zero-order valence-electron chi connectivity index (χ0n) is 28.3. The lowest BCUT2D eigenvalue weighted by molar-refractivity contribution is 0.102. The van der Waals surface area contributed by atoms with E-state index in [0.717, 1.165) is 61.6 Å². The number of carbonyl (C=O) groups is 1. The lowest BCUT2D eigenvalue weighted by atomic mass is 9.85. The summed E-state index contributed by atoms with van der Waals surface area (Å²) in [5.41, 5.74) is 5.45. The van der Waals surface area contributed by atoms with Gasteiger partial charge in [0.15, 0.2) is 5.65 Å². The van der Waals surface area contributed by atoms with Gasteiger partial charge in [-0.15, -0.1) is 0 Å². The van der Waals surface area contributed by atoms with Gasteiger partial charge in [-0.1, -0.05) is 18.9 Å². The van der Waals surface area contributed by atoms with E-state index in [0.29, 0.717) is 34.7 Å². The number of aromatic amines is 1. The Balaban J connectivity index is 1.24. The van der Waals surface area contributed by atoms with Gasteiger partial charge in [-0.05, 0) is 92.7 Å². The smallest absolute Gasteiger partial charge is 0.258 e. The molecular weight excluding hydrogens is 617 g/mol. The summed E-state index contributed by atoms with van der Waals surface area (Å²) in [6.07, 6.45) is 8.10. The molecule has 0 unspecified atom stereocenters. The number of H-pyrrole nitrogens is 1. The molecule has 1 fully saturated rings. The number of carbonyl (C=O) groups excluding carboxylic acids is 1. The second-order valence-electron chi connectivity index (χ2n) is 13.0. The van der Waals surface area contributed by atoms with Gasteiger partial charge in [0.25, 0.3) is 5.91 Å². The quantitative estimate of drug-likeness (QED) is 0.161. The molecule has 1 aliphatic heterocycles. The number of nitriles is 1. The maximum Gasteiger partial charge on any atom is 0.258 e. The van der Waals surface area contributed by atoms with Crippen LogP contribution in [-0.2, 0) is 12.0 Å².